The molecule has 0 aromatic heterocycles. The first kappa shape index (κ1) is 12.8. The van der Waals surface area contributed by atoms with Crippen molar-refractivity contribution in [3.05, 3.63) is 35.4 Å². The standard InChI is InChI=1S/C16H20O3/c17-15-13-6-2-1-4-12(13)5-3-7-14(15)16(18)8-10-19-11-9-16/h1-2,4,6,14,18H,3,5,7-11H2. The van der Waals surface area contributed by atoms with Gasteiger partial charge in [0.1, 0.15) is 0 Å². The Bertz CT molecular complexity index is 475. The second-order valence-electron chi connectivity index (χ2n) is 5.68. The summed E-state index contributed by atoms with van der Waals surface area (Å²) >= 11 is 0. The highest BCUT2D eigenvalue weighted by atomic mass is 16.5. The molecule has 0 saturated carbocycles. The highest BCUT2D eigenvalue weighted by Crippen LogP contribution is 2.37. The van der Waals surface area contributed by atoms with Gasteiger partial charge in [-0.15, -0.1) is 0 Å². The molecule has 1 aromatic carbocycles. The van der Waals surface area contributed by atoms with E-state index in [4.69, 9.17) is 4.74 Å². The molecular weight excluding hydrogens is 240 g/mol. The van der Waals surface area contributed by atoms with E-state index in [1.807, 2.05) is 24.3 Å². The van der Waals surface area contributed by atoms with Crippen LogP contribution in [0.15, 0.2) is 24.3 Å². The van der Waals surface area contributed by atoms with Gasteiger partial charge < -0.3 is 9.84 Å². The van der Waals surface area contributed by atoms with E-state index in [2.05, 4.69) is 0 Å². The maximum absolute atomic E-state index is 12.7. The molecule has 1 aliphatic heterocycles. The lowest BCUT2D eigenvalue weighted by molar-refractivity contribution is -0.0910. The fourth-order valence-electron chi connectivity index (χ4n) is 3.38. The Morgan fingerprint density at radius 3 is 2.74 bits per heavy atom. The molecule has 1 heterocycles. The Morgan fingerprint density at radius 2 is 1.95 bits per heavy atom. The molecule has 0 bridgehead atoms. The summed E-state index contributed by atoms with van der Waals surface area (Å²) in [4.78, 5) is 12.7. The Kier molecular flexibility index (Phi) is 3.42. The van der Waals surface area contributed by atoms with Crippen LogP contribution in [-0.4, -0.2) is 29.7 Å². The van der Waals surface area contributed by atoms with Crippen LogP contribution in [0.5, 0.6) is 0 Å². The summed E-state index contributed by atoms with van der Waals surface area (Å²) in [6.07, 6.45) is 3.84. The predicted molar refractivity (Wildman–Crippen MR) is 72.2 cm³/mol. The van der Waals surface area contributed by atoms with Gasteiger partial charge in [-0.25, -0.2) is 0 Å². The molecule has 1 atom stereocenters. The number of fused-ring (bicyclic) bond motifs is 1. The summed E-state index contributed by atoms with van der Waals surface area (Å²) in [5.41, 5.74) is 1.07. The number of Topliss-reactive ketones (excluding diaryl/α,β-unsaturated/α-hetero) is 1. The molecule has 1 aromatic rings. The monoisotopic (exact) mass is 260 g/mol. The topological polar surface area (TPSA) is 46.5 Å². The van der Waals surface area contributed by atoms with E-state index in [9.17, 15) is 9.90 Å². The first-order valence-corrected chi connectivity index (χ1v) is 7.13. The normalized spacial score (nSPS) is 26.6. The second-order valence-corrected chi connectivity index (χ2v) is 5.68. The van der Waals surface area contributed by atoms with Crippen molar-refractivity contribution < 1.29 is 14.6 Å². The maximum Gasteiger partial charge on any atom is 0.169 e. The number of carbonyl (C=O) groups is 1. The van der Waals surface area contributed by atoms with E-state index in [-0.39, 0.29) is 11.7 Å². The molecule has 2 aliphatic rings. The minimum absolute atomic E-state index is 0.123. The van der Waals surface area contributed by atoms with Crippen LogP contribution >= 0.6 is 0 Å². The highest BCUT2D eigenvalue weighted by molar-refractivity contribution is 6.00. The largest absolute Gasteiger partial charge is 0.389 e. The number of ketones is 1. The summed E-state index contributed by atoms with van der Waals surface area (Å²) in [5, 5.41) is 10.8. The third-order valence-corrected chi connectivity index (χ3v) is 4.55. The highest BCUT2D eigenvalue weighted by Gasteiger charge is 2.43. The Balaban J connectivity index is 1.93. The van der Waals surface area contributed by atoms with Crippen LogP contribution in [0.2, 0.25) is 0 Å². The van der Waals surface area contributed by atoms with Crippen molar-refractivity contribution in [3.63, 3.8) is 0 Å². The number of hydrogen-bond donors (Lipinski definition) is 1. The van der Waals surface area contributed by atoms with Crippen LogP contribution in [-0.2, 0) is 11.2 Å². The van der Waals surface area contributed by atoms with Crippen molar-refractivity contribution in [2.24, 2.45) is 5.92 Å². The number of ether oxygens (including phenoxy) is 1. The molecule has 3 nitrogen and oxygen atoms in total. The van der Waals surface area contributed by atoms with Gasteiger partial charge in [-0.1, -0.05) is 24.3 Å². The second kappa shape index (κ2) is 5.06. The van der Waals surface area contributed by atoms with Gasteiger partial charge in [0, 0.05) is 31.6 Å². The van der Waals surface area contributed by atoms with Gasteiger partial charge >= 0.3 is 0 Å². The van der Waals surface area contributed by atoms with E-state index in [1.54, 1.807) is 0 Å². The summed E-state index contributed by atoms with van der Waals surface area (Å²) < 4.78 is 5.32. The average Bonchev–Trinajstić information content (AvgIpc) is 2.60. The maximum atomic E-state index is 12.7. The average molecular weight is 260 g/mol. The molecular formula is C16H20O3. The van der Waals surface area contributed by atoms with E-state index < -0.39 is 5.60 Å². The van der Waals surface area contributed by atoms with Gasteiger partial charge in [-0.05, 0) is 24.8 Å². The molecule has 3 heteroatoms. The van der Waals surface area contributed by atoms with Crippen LogP contribution in [0, 0.1) is 5.92 Å². The predicted octanol–water partition coefficient (Wildman–Crippen LogP) is 2.36. The molecule has 0 spiro atoms. The third-order valence-electron chi connectivity index (χ3n) is 4.55. The van der Waals surface area contributed by atoms with Crippen LogP contribution in [0.25, 0.3) is 0 Å². The Labute approximate surface area is 113 Å². The van der Waals surface area contributed by atoms with Gasteiger partial charge in [-0.2, -0.15) is 0 Å². The Morgan fingerprint density at radius 1 is 1.21 bits per heavy atom. The first-order chi connectivity index (χ1) is 9.21. The number of rotatable bonds is 1. The number of hydrogen-bond acceptors (Lipinski definition) is 3. The van der Waals surface area contributed by atoms with Crippen LogP contribution in [0.4, 0.5) is 0 Å². The zero-order chi connectivity index (χ0) is 13.3. The molecule has 1 saturated heterocycles. The number of benzene rings is 1. The van der Waals surface area contributed by atoms with E-state index in [0.717, 1.165) is 30.4 Å². The van der Waals surface area contributed by atoms with Crippen molar-refractivity contribution in [1.82, 2.24) is 0 Å². The van der Waals surface area contributed by atoms with E-state index >= 15 is 0 Å². The van der Waals surface area contributed by atoms with Gasteiger partial charge in [0.25, 0.3) is 0 Å². The zero-order valence-corrected chi connectivity index (χ0v) is 11.1. The molecule has 0 radical (unpaired) electrons. The van der Waals surface area contributed by atoms with Crippen LogP contribution < -0.4 is 0 Å². The van der Waals surface area contributed by atoms with Gasteiger partial charge in [-0.3, -0.25) is 4.79 Å². The lowest BCUT2D eigenvalue weighted by Gasteiger charge is -2.38. The van der Waals surface area contributed by atoms with Gasteiger partial charge in [0.2, 0.25) is 0 Å². The Hall–Kier alpha value is -1.19. The van der Waals surface area contributed by atoms with Gasteiger partial charge in [0.05, 0.1) is 11.5 Å². The summed E-state index contributed by atoms with van der Waals surface area (Å²) in [6.45, 7) is 1.11. The summed E-state index contributed by atoms with van der Waals surface area (Å²) in [6, 6.07) is 7.82. The molecule has 3 rings (SSSR count). The van der Waals surface area contributed by atoms with Crippen molar-refractivity contribution in [2.75, 3.05) is 13.2 Å². The van der Waals surface area contributed by atoms with E-state index in [0.29, 0.717) is 26.1 Å². The minimum atomic E-state index is -0.868. The minimum Gasteiger partial charge on any atom is -0.389 e. The van der Waals surface area contributed by atoms with Gasteiger partial charge in [0.15, 0.2) is 5.78 Å². The van der Waals surface area contributed by atoms with Crippen molar-refractivity contribution in [3.8, 4) is 0 Å². The third kappa shape index (κ3) is 2.33. The van der Waals surface area contributed by atoms with Crippen molar-refractivity contribution >= 4 is 5.78 Å². The molecule has 102 valence electrons. The lowest BCUT2D eigenvalue weighted by Crippen LogP contribution is -2.46. The molecule has 1 fully saturated rings. The molecule has 1 N–H and O–H groups in total. The van der Waals surface area contributed by atoms with Crippen molar-refractivity contribution in [2.45, 2.75) is 37.7 Å². The number of carbonyl (C=O) groups excluding carboxylic acids is 1. The fourth-order valence-corrected chi connectivity index (χ4v) is 3.38. The van der Waals surface area contributed by atoms with Crippen LogP contribution in [0.3, 0.4) is 0 Å². The van der Waals surface area contributed by atoms with Crippen molar-refractivity contribution in [1.29, 1.82) is 0 Å². The number of aliphatic hydroxyl groups is 1. The molecule has 0 amide bonds. The molecule has 1 aliphatic carbocycles. The molecule has 19 heavy (non-hydrogen) atoms. The SMILES string of the molecule is O=C1c2ccccc2CCCC1C1(O)CCOCC1. The molecule has 1 unspecified atom stereocenters. The first-order valence-electron chi connectivity index (χ1n) is 7.13. The summed E-state index contributed by atoms with van der Waals surface area (Å²) in [5.74, 6) is -0.141. The van der Waals surface area contributed by atoms with E-state index in [1.165, 1.54) is 0 Å². The zero-order valence-electron chi connectivity index (χ0n) is 11.1. The van der Waals surface area contributed by atoms with Crippen LogP contribution in [0.1, 0.15) is 41.6 Å². The lowest BCUT2D eigenvalue weighted by atomic mass is 9.75. The smallest absolute Gasteiger partial charge is 0.169 e. The fraction of sp³-hybridized carbons (Fsp3) is 0.562. The number of aryl methyl sites for hydroxylation is 1. The summed E-state index contributed by atoms with van der Waals surface area (Å²) in [7, 11) is 0. The quantitative estimate of drug-likeness (QED) is 0.788.